The molecule has 2 aliphatic rings. The van der Waals surface area contributed by atoms with Crippen LogP contribution in [-0.2, 0) is 29.0 Å². The Kier molecular flexibility index (Phi) is 15.0. The molecule has 0 spiro atoms. The minimum Gasteiger partial charge on any atom is -0.346 e. The number of ketones is 1. The lowest BCUT2D eigenvalue weighted by Gasteiger charge is -2.40. The van der Waals surface area contributed by atoms with Gasteiger partial charge in [0.1, 0.15) is 12.1 Å². The average molecular weight is 741 g/mol. The number of carbonyl (C=O) groups is 5. The van der Waals surface area contributed by atoms with Crippen LogP contribution in [0.4, 0.5) is 4.79 Å². The van der Waals surface area contributed by atoms with E-state index in [9.17, 15) is 32.4 Å². The van der Waals surface area contributed by atoms with Crippen molar-refractivity contribution in [1.82, 2.24) is 31.5 Å². The van der Waals surface area contributed by atoms with Gasteiger partial charge in [-0.3, -0.25) is 19.2 Å². The zero-order chi connectivity index (χ0) is 38.7. The molecule has 1 saturated heterocycles. The first-order valence-corrected chi connectivity index (χ1v) is 19.7. The molecule has 1 aromatic carbocycles. The molecule has 5 amide bonds. The van der Waals surface area contributed by atoms with Crippen molar-refractivity contribution in [2.75, 3.05) is 18.8 Å². The maximum absolute atomic E-state index is 14.5. The molecular weight excluding hydrogens is 685 g/mol. The summed E-state index contributed by atoms with van der Waals surface area (Å²) in [6.45, 7) is 13.0. The summed E-state index contributed by atoms with van der Waals surface area (Å²) in [5.74, 6) is -0.765. The summed E-state index contributed by atoms with van der Waals surface area (Å²) in [5.41, 5.74) is -1.87. The Morgan fingerprint density at radius 1 is 1.06 bits per heavy atom. The molecule has 52 heavy (non-hydrogen) atoms. The van der Waals surface area contributed by atoms with Crippen molar-refractivity contribution < 1.29 is 32.4 Å². The van der Waals surface area contributed by atoms with E-state index in [0.29, 0.717) is 19.3 Å². The number of hydrogen-bond acceptors (Lipinski definition) is 8. The predicted molar refractivity (Wildman–Crippen MR) is 200 cm³/mol. The minimum atomic E-state index is -3.75. The van der Waals surface area contributed by atoms with Gasteiger partial charge in [-0.2, -0.15) is 0 Å². The smallest absolute Gasteiger partial charge is 0.315 e. The van der Waals surface area contributed by atoms with Crippen LogP contribution in [0.25, 0.3) is 0 Å². The van der Waals surface area contributed by atoms with Crippen molar-refractivity contribution in [2.24, 2.45) is 5.41 Å². The summed E-state index contributed by atoms with van der Waals surface area (Å²) in [6, 6.07) is 3.47. The minimum absolute atomic E-state index is 0.0135. The van der Waals surface area contributed by atoms with Gasteiger partial charge < -0.3 is 31.5 Å². The first-order valence-electron chi connectivity index (χ1n) is 18.0. The van der Waals surface area contributed by atoms with E-state index in [1.54, 1.807) is 39.0 Å². The fourth-order valence-corrected chi connectivity index (χ4v) is 8.79. The van der Waals surface area contributed by atoms with Crippen molar-refractivity contribution in [3.05, 3.63) is 43.0 Å². The Labute approximate surface area is 308 Å². The van der Waals surface area contributed by atoms with Crippen LogP contribution < -0.4 is 26.6 Å². The van der Waals surface area contributed by atoms with Gasteiger partial charge in [-0.25, -0.2) is 13.2 Å². The Morgan fingerprint density at radius 3 is 2.29 bits per heavy atom. The number of urea groups is 1. The van der Waals surface area contributed by atoms with E-state index < -0.39 is 74.5 Å². The highest BCUT2D eigenvalue weighted by Crippen LogP contribution is 2.32. The topological polar surface area (TPSA) is 183 Å². The number of hydrogen-bond donors (Lipinski definition) is 5. The molecule has 1 heterocycles. The van der Waals surface area contributed by atoms with Gasteiger partial charge in [-0.15, -0.1) is 18.9 Å². The number of carbonyl (C=O) groups excluding carboxylic acids is 5. The Bertz CT molecular complexity index is 1590. The number of Topliss-reactive ketones (excluding diaryl/α,β-unsaturated/α-hetero) is 1. The molecule has 4 atom stereocenters. The van der Waals surface area contributed by atoms with E-state index in [1.165, 1.54) is 23.1 Å². The van der Waals surface area contributed by atoms with Gasteiger partial charge in [0.25, 0.3) is 5.91 Å². The van der Waals surface area contributed by atoms with Crippen molar-refractivity contribution in [1.29, 1.82) is 0 Å². The van der Waals surface area contributed by atoms with Crippen molar-refractivity contribution in [3.63, 3.8) is 0 Å². The lowest BCUT2D eigenvalue weighted by Crippen LogP contribution is -2.64. The normalized spacial score (nSPS) is 19.8. The number of likely N-dealkylation sites (tertiary alicyclic amines) is 1. The van der Waals surface area contributed by atoms with Gasteiger partial charge in [0.15, 0.2) is 9.84 Å². The molecule has 1 aromatic rings. The van der Waals surface area contributed by atoms with Crippen LogP contribution in [0.15, 0.2) is 47.9 Å². The van der Waals surface area contributed by atoms with Gasteiger partial charge in [-0.1, -0.05) is 78.2 Å². The highest BCUT2D eigenvalue weighted by atomic mass is 32.2. The average Bonchev–Trinajstić information content (AvgIpc) is 3.50. The predicted octanol–water partition coefficient (Wildman–Crippen LogP) is 2.61. The number of sulfone groups is 1. The summed E-state index contributed by atoms with van der Waals surface area (Å²) in [6.07, 6.45) is 10.7. The number of rotatable bonds is 16. The fourth-order valence-electron chi connectivity index (χ4n) is 6.96. The molecule has 2 fully saturated rings. The fraction of sp³-hybridized carbons (Fsp3) is 0.605. The van der Waals surface area contributed by atoms with Crippen LogP contribution >= 0.6 is 0 Å². The number of nitrogens with one attached hydrogen (secondary N) is 5. The molecular formula is C38H56N6O7S. The summed E-state index contributed by atoms with van der Waals surface area (Å²) in [4.78, 5) is 69.6. The molecule has 1 aliphatic heterocycles. The number of amides is 5. The van der Waals surface area contributed by atoms with Crippen molar-refractivity contribution >= 4 is 39.4 Å². The van der Waals surface area contributed by atoms with Crippen molar-refractivity contribution in [2.45, 2.75) is 127 Å². The van der Waals surface area contributed by atoms with Gasteiger partial charge in [-0.05, 0) is 43.2 Å². The van der Waals surface area contributed by atoms with Crippen LogP contribution in [0.1, 0.15) is 86.0 Å². The Balaban J connectivity index is 1.88. The summed E-state index contributed by atoms with van der Waals surface area (Å²) in [5, 5.41) is 14.3. The zero-order valence-electron chi connectivity index (χ0n) is 31.1. The molecule has 1 aliphatic carbocycles. The second-order valence-corrected chi connectivity index (χ2v) is 17.2. The van der Waals surface area contributed by atoms with Crippen LogP contribution in [0.2, 0.25) is 0 Å². The maximum atomic E-state index is 14.5. The van der Waals surface area contributed by atoms with E-state index in [4.69, 9.17) is 6.42 Å². The molecule has 3 rings (SSSR count). The molecule has 0 radical (unpaired) electrons. The molecule has 0 aromatic heterocycles. The largest absolute Gasteiger partial charge is 0.346 e. The van der Waals surface area contributed by atoms with Gasteiger partial charge in [0.2, 0.25) is 17.6 Å². The van der Waals surface area contributed by atoms with E-state index in [1.807, 2.05) is 13.8 Å². The Hall–Kier alpha value is -4.22. The second-order valence-electron chi connectivity index (χ2n) is 15.2. The number of terminal acetylenes is 1. The zero-order valence-corrected chi connectivity index (χ0v) is 31.9. The van der Waals surface area contributed by atoms with Crippen LogP contribution in [0.3, 0.4) is 0 Å². The SMILES string of the molecule is C#CCCC(NC(=O)[C@@H]1C(NC(C)C)CCN1C(=O)[C@@H](NC(=O)NC1(CS(=O)(=O)c2ccccc2)CCCCC1)C(C)(C)C)C(=O)C(=O)NCC=C. The molecule has 1 saturated carbocycles. The second kappa shape index (κ2) is 18.5. The summed E-state index contributed by atoms with van der Waals surface area (Å²) >= 11 is 0. The van der Waals surface area contributed by atoms with Crippen LogP contribution in [0.5, 0.6) is 0 Å². The van der Waals surface area contributed by atoms with Crippen LogP contribution in [-0.4, -0.2) is 97.4 Å². The Morgan fingerprint density at radius 2 is 1.71 bits per heavy atom. The monoisotopic (exact) mass is 740 g/mol. The van der Waals surface area contributed by atoms with E-state index in [-0.39, 0.29) is 42.6 Å². The first kappa shape index (κ1) is 42.2. The van der Waals surface area contributed by atoms with E-state index in [2.05, 4.69) is 39.1 Å². The highest BCUT2D eigenvalue weighted by molar-refractivity contribution is 7.91. The molecule has 286 valence electrons. The number of nitrogens with zero attached hydrogens (tertiary/aromatic N) is 1. The van der Waals surface area contributed by atoms with Gasteiger partial charge >= 0.3 is 6.03 Å². The third-order valence-corrected chi connectivity index (χ3v) is 11.4. The summed E-state index contributed by atoms with van der Waals surface area (Å²) in [7, 11) is -3.75. The maximum Gasteiger partial charge on any atom is 0.315 e. The molecule has 0 bridgehead atoms. The first-order chi connectivity index (χ1) is 24.4. The summed E-state index contributed by atoms with van der Waals surface area (Å²) < 4.78 is 27.0. The molecule has 2 unspecified atom stereocenters. The third kappa shape index (κ3) is 11.4. The molecule has 13 nitrogen and oxygen atoms in total. The lowest BCUT2D eigenvalue weighted by molar-refractivity contribution is -0.144. The highest BCUT2D eigenvalue weighted by Gasteiger charge is 2.48. The molecule has 5 N–H and O–H groups in total. The van der Waals surface area contributed by atoms with Crippen molar-refractivity contribution in [3.8, 4) is 12.3 Å². The number of benzene rings is 1. The van der Waals surface area contributed by atoms with Gasteiger partial charge in [0, 0.05) is 31.6 Å². The van der Waals surface area contributed by atoms with E-state index >= 15 is 0 Å². The quantitative estimate of drug-likeness (QED) is 0.0974. The molecule has 14 heteroatoms. The van der Waals surface area contributed by atoms with Gasteiger partial charge in [0.05, 0.1) is 22.2 Å². The lowest BCUT2D eigenvalue weighted by atomic mass is 9.83. The van der Waals surface area contributed by atoms with E-state index in [0.717, 1.165) is 19.3 Å². The standard InChI is InChI=1S/C38H56N6O7S/c1-8-10-19-29(31(45)34(47)39-23-9-2)41-33(46)30-28(40-26(3)4)20-24-44(30)35(48)32(37(5,6)7)42-36(49)43-38(21-15-12-16-22-38)25-52(50,51)27-17-13-11-14-18-27/h1,9,11,13-14,17-18,26,28-30,32,40H,2,10,12,15-16,19-25H2,3-7H3,(H,39,47)(H,41,46)(H2,42,43,49)/t28?,29?,30-,32+/m0/s1. The third-order valence-electron chi connectivity index (χ3n) is 9.48. The van der Waals surface area contributed by atoms with Crippen LogP contribution in [0, 0.1) is 17.8 Å².